The molecule has 3 aromatic carbocycles. The minimum absolute atomic E-state index is 0. The average Bonchev–Trinajstić information content (AvgIpc) is 2.72. The van der Waals surface area contributed by atoms with Crippen molar-refractivity contribution in [2.45, 2.75) is 19.6 Å². The van der Waals surface area contributed by atoms with Crippen LogP contribution in [0.4, 0.5) is 0 Å². The summed E-state index contributed by atoms with van der Waals surface area (Å²) in [7, 11) is 3.41. The number of carbonyl (C=O) groups is 1. The molecule has 0 unspecified atom stereocenters. The SMILES string of the molecule is O=C(CC[PH-])c1c(COc2ccccc2)cccc1COc1ccccc1.[Li+]. The van der Waals surface area contributed by atoms with Crippen LogP contribution >= 0.6 is 9.24 Å². The van der Waals surface area contributed by atoms with E-state index >= 15 is 0 Å². The summed E-state index contributed by atoms with van der Waals surface area (Å²) in [5, 5.41) is 0. The van der Waals surface area contributed by atoms with Crippen molar-refractivity contribution in [3.05, 3.63) is 95.6 Å². The topological polar surface area (TPSA) is 35.5 Å². The predicted molar refractivity (Wildman–Crippen MR) is 110 cm³/mol. The van der Waals surface area contributed by atoms with Gasteiger partial charge in [0.1, 0.15) is 24.7 Å². The first-order chi connectivity index (χ1) is 13.3. The molecule has 0 saturated carbocycles. The number of ketones is 1. The molecule has 0 amide bonds. The van der Waals surface area contributed by atoms with E-state index in [0.717, 1.165) is 22.6 Å². The zero-order valence-corrected chi connectivity index (χ0v) is 17.1. The van der Waals surface area contributed by atoms with E-state index < -0.39 is 0 Å². The van der Waals surface area contributed by atoms with Crippen LogP contribution in [0.5, 0.6) is 11.5 Å². The van der Waals surface area contributed by atoms with E-state index in [9.17, 15) is 4.79 Å². The standard InChI is InChI=1S/C23H22O3P.Li/c24-22(14-15-27)23-18(16-25-20-10-3-1-4-11-20)8-7-9-19(23)17-26-21-12-5-2-6-13-21;/h1-13,27H,14-17H2;/q-1;+1. The van der Waals surface area contributed by atoms with Crippen LogP contribution in [0.1, 0.15) is 27.9 Å². The number of Topliss-reactive ketones (excluding diaryl/α,β-unsaturated/α-hetero) is 1. The fraction of sp³-hybridized carbons (Fsp3) is 0.174. The van der Waals surface area contributed by atoms with Gasteiger partial charge in [-0.05, 0) is 30.7 Å². The monoisotopic (exact) mass is 384 g/mol. The van der Waals surface area contributed by atoms with Crippen LogP contribution < -0.4 is 28.3 Å². The third-order valence-electron chi connectivity index (χ3n) is 4.14. The molecule has 0 spiro atoms. The molecule has 0 bridgehead atoms. The maximum atomic E-state index is 12.8. The van der Waals surface area contributed by atoms with Crippen molar-refractivity contribution in [2.75, 3.05) is 6.16 Å². The van der Waals surface area contributed by atoms with E-state index in [1.807, 2.05) is 78.9 Å². The van der Waals surface area contributed by atoms with Gasteiger partial charge in [-0.2, -0.15) is 6.16 Å². The summed E-state index contributed by atoms with van der Waals surface area (Å²) in [6, 6.07) is 25.0. The minimum Gasteiger partial charge on any atom is -0.558 e. The van der Waals surface area contributed by atoms with Crippen molar-refractivity contribution >= 4 is 15.0 Å². The first kappa shape index (κ1) is 22.2. The fourth-order valence-corrected chi connectivity index (χ4v) is 3.07. The molecule has 0 radical (unpaired) electrons. The Hall–Kier alpha value is -2.04. The van der Waals surface area contributed by atoms with Crippen LogP contribution in [0, 0.1) is 0 Å². The number of carbonyl (C=O) groups excluding carboxylic acids is 1. The minimum atomic E-state index is 0. The molecule has 3 nitrogen and oxygen atoms in total. The number of rotatable bonds is 9. The van der Waals surface area contributed by atoms with Gasteiger partial charge in [-0.3, -0.25) is 4.79 Å². The van der Waals surface area contributed by atoms with Gasteiger partial charge in [-0.1, -0.05) is 54.6 Å². The van der Waals surface area contributed by atoms with E-state index in [2.05, 4.69) is 9.24 Å². The van der Waals surface area contributed by atoms with Crippen LogP contribution in [-0.4, -0.2) is 11.9 Å². The largest absolute Gasteiger partial charge is 1.00 e. The second kappa shape index (κ2) is 11.7. The fourth-order valence-electron chi connectivity index (χ4n) is 2.85. The zero-order valence-electron chi connectivity index (χ0n) is 16.1. The summed E-state index contributed by atoms with van der Waals surface area (Å²) in [5.41, 5.74) is 2.44. The maximum absolute atomic E-state index is 12.8. The molecule has 0 aliphatic carbocycles. The number of hydrogen-bond donors (Lipinski definition) is 0. The molecule has 0 atom stereocenters. The van der Waals surface area contributed by atoms with Gasteiger partial charge in [0.25, 0.3) is 0 Å². The van der Waals surface area contributed by atoms with Crippen molar-refractivity contribution in [2.24, 2.45) is 0 Å². The molecule has 0 N–H and O–H groups in total. The van der Waals surface area contributed by atoms with E-state index in [1.165, 1.54) is 0 Å². The molecule has 3 rings (SSSR count). The van der Waals surface area contributed by atoms with Gasteiger partial charge in [0.2, 0.25) is 0 Å². The van der Waals surface area contributed by atoms with Crippen molar-refractivity contribution in [1.29, 1.82) is 0 Å². The van der Waals surface area contributed by atoms with Crippen LogP contribution in [0.15, 0.2) is 78.9 Å². The second-order valence-corrected chi connectivity index (χ2v) is 6.58. The average molecular weight is 384 g/mol. The molecular weight excluding hydrogens is 362 g/mol. The Morgan fingerprint density at radius 1 is 0.714 bits per heavy atom. The summed E-state index contributed by atoms with van der Waals surface area (Å²) in [5.74, 6) is 1.65. The molecular formula is C23H22LiO3P. The van der Waals surface area contributed by atoms with Crippen LogP contribution in [0.25, 0.3) is 0 Å². The predicted octanol–water partition coefficient (Wildman–Crippen LogP) is 2.56. The Morgan fingerprint density at radius 3 is 1.61 bits per heavy atom. The van der Waals surface area contributed by atoms with Gasteiger partial charge in [0.05, 0.1) is 0 Å². The molecule has 0 heterocycles. The summed E-state index contributed by atoms with van der Waals surface area (Å²) in [4.78, 5) is 12.8. The van der Waals surface area contributed by atoms with E-state index in [4.69, 9.17) is 9.47 Å². The summed E-state index contributed by atoms with van der Waals surface area (Å²) in [6.45, 7) is 0.679. The summed E-state index contributed by atoms with van der Waals surface area (Å²) < 4.78 is 11.7. The van der Waals surface area contributed by atoms with Crippen molar-refractivity contribution in [3.8, 4) is 11.5 Å². The maximum Gasteiger partial charge on any atom is 1.00 e. The smallest absolute Gasteiger partial charge is 0.558 e. The molecule has 28 heavy (non-hydrogen) atoms. The molecule has 5 heteroatoms. The zero-order chi connectivity index (χ0) is 18.9. The van der Waals surface area contributed by atoms with E-state index in [1.54, 1.807) is 0 Å². The van der Waals surface area contributed by atoms with Gasteiger partial charge in [0, 0.05) is 16.7 Å². The summed E-state index contributed by atoms with van der Waals surface area (Å²) in [6.07, 6.45) is 1.04. The molecule has 0 aliphatic heterocycles. The Balaban J connectivity index is 0.00000280. The van der Waals surface area contributed by atoms with Gasteiger partial charge >= 0.3 is 18.9 Å². The molecule has 138 valence electrons. The van der Waals surface area contributed by atoms with E-state index in [0.29, 0.717) is 31.4 Å². The molecule has 0 aliphatic rings. The van der Waals surface area contributed by atoms with Gasteiger partial charge < -0.3 is 18.7 Å². The Labute approximate surface area is 180 Å². The Bertz CT molecular complexity index is 808. The van der Waals surface area contributed by atoms with Crippen LogP contribution in [-0.2, 0) is 13.2 Å². The quantitative estimate of drug-likeness (QED) is 0.323. The van der Waals surface area contributed by atoms with Crippen molar-refractivity contribution < 1.29 is 33.1 Å². The number of para-hydroxylation sites is 2. The molecule has 0 saturated heterocycles. The third kappa shape index (κ3) is 6.25. The Kier molecular flexibility index (Phi) is 9.31. The van der Waals surface area contributed by atoms with Gasteiger partial charge in [0.15, 0.2) is 5.78 Å². The van der Waals surface area contributed by atoms with Crippen molar-refractivity contribution in [3.63, 3.8) is 0 Å². The molecule has 3 aromatic rings. The first-order valence-electron chi connectivity index (χ1n) is 8.92. The van der Waals surface area contributed by atoms with E-state index in [-0.39, 0.29) is 24.6 Å². The number of benzene rings is 3. The second-order valence-electron chi connectivity index (χ2n) is 6.08. The van der Waals surface area contributed by atoms with Crippen LogP contribution in [0.2, 0.25) is 0 Å². The van der Waals surface area contributed by atoms with Crippen LogP contribution in [0.3, 0.4) is 0 Å². The number of hydrogen-bond acceptors (Lipinski definition) is 3. The molecule has 0 fully saturated rings. The number of ether oxygens (including phenoxy) is 2. The Morgan fingerprint density at radius 2 is 1.18 bits per heavy atom. The van der Waals surface area contributed by atoms with Crippen molar-refractivity contribution in [1.82, 2.24) is 0 Å². The first-order valence-corrected chi connectivity index (χ1v) is 9.63. The third-order valence-corrected chi connectivity index (χ3v) is 4.39. The summed E-state index contributed by atoms with van der Waals surface area (Å²) >= 11 is 0. The van der Waals surface area contributed by atoms with Gasteiger partial charge in [-0.25, -0.2) is 0 Å². The molecule has 0 aromatic heterocycles. The van der Waals surface area contributed by atoms with Gasteiger partial charge in [-0.15, -0.1) is 0 Å². The normalized spacial score (nSPS) is 10.0.